The van der Waals surface area contributed by atoms with E-state index >= 15 is 0 Å². The van der Waals surface area contributed by atoms with Gasteiger partial charge in [0, 0.05) is 18.1 Å². The Labute approximate surface area is 130 Å². The van der Waals surface area contributed by atoms with Crippen molar-refractivity contribution in [2.45, 2.75) is 38.1 Å². The van der Waals surface area contributed by atoms with Crippen LogP contribution in [-0.2, 0) is 12.8 Å². The summed E-state index contributed by atoms with van der Waals surface area (Å²) in [5.41, 5.74) is 3.01. The van der Waals surface area contributed by atoms with Gasteiger partial charge in [-0.3, -0.25) is 4.79 Å². The molecule has 2 bridgehead atoms. The molecule has 3 fully saturated rings. The number of aromatic nitrogens is 1. The molecule has 22 heavy (non-hydrogen) atoms. The molecule has 3 aliphatic heterocycles. The molecule has 1 atom stereocenters. The molecular formula is C19H22N2O. The number of aryl methyl sites for hydroxylation is 2. The van der Waals surface area contributed by atoms with Crippen LogP contribution in [0.5, 0.6) is 0 Å². The molecule has 2 aromatic rings. The highest BCUT2D eigenvalue weighted by atomic mass is 16.1. The van der Waals surface area contributed by atoms with Crippen LogP contribution in [0.1, 0.15) is 36.4 Å². The lowest BCUT2D eigenvalue weighted by atomic mass is 9.83. The van der Waals surface area contributed by atoms with E-state index in [0.717, 1.165) is 24.8 Å². The van der Waals surface area contributed by atoms with E-state index in [1.54, 1.807) is 0 Å². The highest BCUT2D eigenvalue weighted by molar-refractivity contribution is 5.88. The summed E-state index contributed by atoms with van der Waals surface area (Å²) in [4.78, 5) is 15.6. The monoisotopic (exact) mass is 294 g/mol. The average Bonchev–Trinajstić information content (AvgIpc) is 2.59. The maximum absolute atomic E-state index is 13.1. The molecular weight excluding hydrogens is 272 g/mol. The average molecular weight is 294 g/mol. The molecule has 4 aliphatic rings. The molecule has 0 saturated carbocycles. The zero-order chi connectivity index (χ0) is 14.7. The van der Waals surface area contributed by atoms with Crippen LogP contribution in [0.15, 0.2) is 29.2 Å². The van der Waals surface area contributed by atoms with E-state index in [1.165, 1.54) is 48.9 Å². The van der Waals surface area contributed by atoms with Gasteiger partial charge in [-0.15, -0.1) is 0 Å². The Bertz CT molecular complexity index is 799. The number of rotatable bonds is 1. The Hall–Kier alpha value is -1.61. The normalized spacial score (nSPS) is 29.9. The molecule has 1 unspecified atom stereocenters. The van der Waals surface area contributed by atoms with E-state index in [0.29, 0.717) is 12.0 Å². The number of nitrogens with zero attached hydrogens (tertiary/aromatic N) is 2. The van der Waals surface area contributed by atoms with Crippen molar-refractivity contribution in [1.29, 1.82) is 0 Å². The fourth-order valence-corrected chi connectivity index (χ4v) is 4.95. The van der Waals surface area contributed by atoms with Gasteiger partial charge in [0.1, 0.15) is 0 Å². The molecule has 114 valence electrons. The minimum atomic E-state index is 0.237. The van der Waals surface area contributed by atoms with Crippen LogP contribution in [0.2, 0.25) is 0 Å². The van der Waals surface area contributed by atoms with Gasteiger partial charge in [0.15, 0.2) is 0 Å². The van der Waals surface area contributed by atoms with Crippen molar-refractivity contribution in [3.8, 4) is 0 Å². The number of piperidine rings is 3. The first-order valence-corrected chi connectivity index (χ1v) is 8.69. The van der Waals surface area contributed by atoms with Crippen LogP contribution in [0.25, 0.3) is 10.8 Å². The SMILES string of the molecule is O=c1c2cccc3c2c(cn1C1CN2CCC1CC2)CCC3. The molecule has 3 heteroatoms. The highest BCUT2D eigenvalue weighted by Crippen LogP contribution is 2.36. The minimum Gasteiger partial charge on any atom is -0.310 e. The third-order valence-corrected chi connectivity index (χ3v) is 6.10. The lowest BCUT2D eigenvalue weighted by molar-refractivity contribution is 0.0555. The molecule has 1 aliphatic carbocycles. The van der Waals surface area contributed by atoms with Gasteiger partial charge < -0.3 is 9.47 Å². The molecule has 0 radical (unpaired) electrons. The Balaban J connectivity index is 1.72. The standard InChI is InChI=1S/C19H22N2O/c22-19-16-6-2-4-14-3-1-5-15(18(14)16)11-21(19)17-12-20-9-7-13(17)8-10-20/h2,4,6,11,13,17H,1,3,5,7-10,12H2. The first-order valence-electron chi connectivity index (χ1n) is 8.69. The van der Waals surface area contributed by atoms with Gasteiger partial charge in [-0.2, -0.15) is 0 Å². The van der Waals surface area contributed by atoms with E-state index < -0.39 is 0 Å². The molecule has 0 N–H and O–H groups in total. The summed E-state index contributed by atoms with van der Waals surface area (Å²) in [6.07, 6.45) is 8.17. The maximum atomic E-state index is 13.1. The van der Waals surface area contributed by atoms with Gasteiger partial charge in [-0.1, -0.05) is 12.1 Å². The molecule has 6 rings (SSSR count). The van der Waals surface area contributed by atoms with Gasteiger partial charge in [0.25, 0.3) is 5.56 Å². The van der Waals surface area contributed by atoms with Gasteiger partial charge in [-0.25, -0.2) is 0 Å². The number of fused-ring (bicyclic) bond motifs is 3. The van der Waals surface area contributed by atoms with Crippen molar-refractivity contribution in [3.63, 3.8) is 0 Å². The van der Waals surface area contributed by atoms with E-state index in [4.69, 9.17) is 0 Å². The van der Waals surface area contributed by atoms with Crippen molar-refractivity contribution >= 4 is 10.8 Å². The lowest BCUT2D eigenvalue weighted by Gasteiger charge is -2.45. The third-order valence-electron chi connectivity index (χ3n) is 6.10. The molecule has 3 nitrogen and oxygen atoms in total. The van der Waals surface area contributed by atoms with Gasteiger partial charge in [-0.05, 0) is 73.7 Å². The quantitative estimate of drug-likeness (QED) is 0.808. The van der Waals surface area contributed by atoms with E-state index in [9.17, 15) is 4.79 Å². The number of pyridine rings is 1. The summed E-state index contributed by atoms with van der Waals surface area (Å²) in [5.74, 6) is 0.694. The maximum Gasteiger partial charge on any atom is 0.258 e. The Kier molecular flexibility index (Phi) is 2.75. The van der Waals surface area contributed by atoms with E-state index in [1.807, 2.05) is 6.07 Å². The summed E-state index contributed by atoms with van der Waals surface area (Å²) in [7, 11) is 0. The molecule has 4 heterocycles. The topological polar surface area (TPSA) is 25.2 Å². The zero-order valence-electron chi connectivity index (χ0n) is 12.9. The predicted octanol–water partition coefficient (Wildman–Crippen LogP) is 2.76. The first-order chi connectivity index (χ1) is 10.8. The second-order valence-electron chi connectivity index (χ2n) is 7.27. The van der Waals surface area contributed by atoms with Crippen LogP contribution >= 0.6 is 0 Å². The molecule has 0 spiro atoms. The van der Waals surface area contributed by atoms with E-state index in [-0.39, 0.29) is 5.56 Å². The summed E-state index contributed by atoms with van der Waals surface area (Å²) in [6.45, 7) is 3.51. The van der Waals surface area contributed by atoms with Gasteiger partial charge in [0.05, 0.1) is 6.04 Å². The predicted molar refractivity (Wildman–Crippen MR) is 88.4 cm³/mol. The summed E-state index contributed by atoms with van der Waals surface area (Å²) < 4.78 is 2.10. The first kappa shape index (κ1) is 12.9. The minimum absolute atomic E-state index is 0.237. The molecule has 3 saturated heterocycles. The van der Waals surface area contributed by atoms with Gasteiger partial charge >= 0.3 is 0 Å². The summed E-state index contributed by atoms with van der Waals surface area (Å²) in [5, 5.41) is 2.21. The van der Waals surface area contributed by atoms with Crippen molar-refractivity contribution in [1.82, 2.24) is 9.47 Å². The molecule has 1 aromatic carbocycles. The van der Waals surface area contributed by atoms with Crippen LogP contribution in [0.3, 0.4) is 0 Å². The Morgan fingerprint density at radius 1 is 1.05 bits per heavy atom. The number of hydrogen-bond acceptors (Lipinski definition) is 2. The molecule has 0 amide bonds. The second kappa shape index (κ2) is 4.69. The third kappa shape index (κ3) is 1.75. The van der Waals surface area contributed by atoms with Crippen molar-refractivity contribution in [3.05, 3.63) is 45.9 Å². The summed E-state index contributed by atoms with van der Waals surface area (Å²) in [6, 6.07) is 6.69. The van der Waals surface area contributed by atoms with Gasteiger partial charge in [0.2, 0.25) is 0 Å². The number of hydrogen-bond donors (Lipinski definition) is 0. The fraction of sp³-hybridized carbons (Fsp3) is 0.526. The van der Waals surface area contributed by atoms with Crippen LogP contribution in [0, 0.1) is 5.92 Å². The van der Waals surface area contributed by atoms with Crippen LogP contribution in [0.4, 0.5) is 0 Å². The lowest BCUT2D eigenvalue weighted by Crippen LogP contribution is -2.50. The van der Waals surface area contributed by atoms with E-state index in [2.05, 4.69) is 27.8 Å². The zero-order valence-corrected chi connectivity index (χ0v) is 12.9. The molecule has 1 aromatic heterocycles. The fourth-order valence-electron chi connectivity index (χ4n) is 4.95. The van der Waals surface area contributed by atoms with Crippen LogP contribution < -0.4 is 5.56 Å². The second-order valence-corrected chi connectivity index (χ2v) is 7.27. The summed E-state index contributed by atoms with van der Waals surface area (Å²) >= 11 is 0. The number of benzene rings is 1. The Morgan fingerprint density at radius 2 is 1.86 bits per heavy atom. The van der Waals surface area contributed by atoms with Crippen molar-refractivity contribution in [2.75, 3.05) is 19.6 Å². The van der Waals surface area contributed by atoms with Crippen LogP contribution in [-0.4, -0.2) is 29.1 Å². The van der Waals surface area contributed by atoms with Crippen molar-refractivity contribution < 1.29 is 0 Å². The van der Waals surface area contributed by atoms with Crippen molar-refractivity contribution in [2.24, 2.45) is 5.92 Å². The smallest absolute Gasteiger partial charge is 0.258 e. The highest BCUT2D eigenvalue weighted by Gasteiger charge is 2.36. The largest absolute Gasteiger partial charge is 0.310 e. The Morgan fingerprint density at radius 3 is 2.64 bits per heavy atom.